The molecular formula is C13H17NO3. The van der Waals surface area contributed by atoms with Crippen LogP contribution in [0.2, 0.25) is 0 Å². The van der Waals surface area contributed by atoms with E-state index in [-0.39, 0.29) is 18.1 Å². The predicted octanol–water partition coefficient (Wildman–Crippen LogP) is 0.918. The van der Waals surface area contributed by atoms with Crippen molar-refractivity contribution in [3.05, 3.63) is 29.8 Å². The normalized spacial score (nSPS) is 20.3. The Labute approximate surface area is 100 Å². The van der Waals surface area contributed by atoms with Crippen LogP contribution in [0.5, 0.6) is 5.75 Å². The molecule has 1 aliphatic heterocycles. The van der Waals surface area contributed by atoms with Crippen molar-refractivity contribution in [3.63, 3.8) is 0 Å². The summed E-state index contributed by atoms with van der Waals surface area (Å²) in [6.45, 7) is 1.11. The van der Waals surface area contributed by atoms with Gasteiger partial charge >= 0.3 is 0 Å². The van der Waals surface area contributed by atoms with Crippen LogP contribution in [0.4, 0.5) is 0 Å². The average Bonchev–Trinajstić information content (AvgIpc) is 2.32. The van der Waals surface area contributed by atoms with Crippen LogP contribution in [0, 0.1) is 0 Å². The maximum atomic E-state index is 12.0. The standard InChI is InChI=1S/C13H17NO3/c15-11-5-3-7-14(9-11)13(17)8-10-4-1-2-6-12(10)16/h1-2,4,6,11,15-16H,3,5,7-9H2. The molecule has 2 N–H and O–H groups in total. The van der Waals surface area contributed by atoms with Crippen LogP contribution in [0.25, 0.3) is 0 Å². The number of para-hydroxylation sites is 1. The Hall–Kier alpha value is -1.55. The number of piperidine rings is 1. The number of likely N-dealkylation sites (tertiary alicyclic amines) is 1. The van der Waals surface area contributed by atoms with Gasteiger partial charge in [-0.2, -0.15) is 0 Å². The number of aliphatic hydroxyl groups is 1. The zero-order valence-electron chi connectivity index (χ0n) is 9.67. The minimum atomic E-state index is -0.405. The van der Waals surface area contributed by atoms with Gasteiger partial charge in [-0.1, -0.05) is 18.2 Å². The number of benzene rings is 1. The number of carbonyl (C=O) groups excluding carboxylic acids is 1. The van der Waals surface area contributed by atoms with E-state index in [0.29, 0.717) is 18.7 Å². The summed E-state index contributed by atoms with van der Waals surface area (Å²) in [5.41, 5.74) is 0.637. The first-order chi connectivity index (χ1) is 8.16. The molecule has 0 bridgehead atoms. The lowest BCUT2D eigenvalue weighted by Gasteiger charge is -2.30. The first-order valence-electron chi connectivity index (χ1n) is 5.89. The second-order valence-electron chi connectivity index (χ2n) is 4.44. The molecule has 0 radical (unpaired) electrons. The third-order valence-corrected chi connectivity index (χ3v) is 3.08. The molecule has 1 aromatic rings. The van der Waals surface area contributed by atoms with Crippen molar-refractivity contribution in [3.8, 4) is 5.75 Å². The molecule has 1 fully saturated rings. The summed E-state index contributed by atoms with van der Waals surface area (Å²) in [4.78, 5) is 13.6. The number of hydrogen-bond donors (Lipinski definition) is 2. The number of phenolic OH excluding ortho intramolecular Hbond substituents is 1. The molecule has 1 unspecified atom stereocenters. The summed E-state index contributed by atoms with van der Waals surface area (Å²) in [6, 6.07) is 6.85. The van der Waals surface area contributed by atoms with Gasteiger partial charge < -0.3 is 15.1 Å². The quantitative estimate of drug-likeness (QED) is 0.801. The Morgan fingerprint density at radius 2 is 2.18 bits per heavy atom. The van der Waals surface area contributed by atoms with Gasteiger partial charge in [-0.15, -0.1) is 0 Å². The number of nitrogens with zero attached hydrogens (tertiary/aromatic N) is 1. The number of aromatic hydroxyl groups is 1. The Morgan fingerprint density at radius 3 is 2.88 bits per heavy atom. The van der Waals surface area contributed by atoms with Crippen LogP contribution in [0.1, 0.15) is 18.4 Å². The van der Waals surface area contributed by atoms with Gasteiger partial charge in [0.25, 0.3) is 0 Å². The molecular weight excluding hydrogens is 218 g/mol. The van der Waals surface area contributed by atoms with Crippen molar-refractivity contribution in [2.75, 3.05) is 13.1 Å². The highest BCUT2D eigenvalue weighted by Gasteiger charge is 2.22. The fraction of sp³-hybridized carbons (Fsp3) is 0.462. The summed E-state index contributed by atoms with van der Waals surface area (Å²) in [7, 11) is 0. The summed E-state index contributed by atoms with van der Waals surface area (Å²) >= 11 is 0. The van der Waals surface area contributed by atoms with E-state index in [0.717, 1.165) is 12.8 Å². The Bertz CT molecular complexity index is 405. The lowest BCUT2D eigenvalue weighted by atomic mass is 10.1. The van der Waals surface area contributed by atoms with Crippen LogP contribution >= 0.6 is 0 Å². The van der Waals surface area contributed by atoms with E-state index in [9.17, 15) is 15.0 Å². The molecule has 0 saturated carbocycles. The first kappa shape index (κ1) is 11.9. The molecule has 1 aromatic carbocycles. The number of phenols is 1. The third kappa shape index (κ3) is 2.97. The Balaban J connectivity index is 1.99. The first-order valence-corrected chi connectivity index (χ1v) is 5.89. The highest BCUT2D eigenvalue weighted by Crippen LogP contribution is 2.18. The molecule has 2 rings (SSSR count). The molecule has 1 atom stereocenters. The molecule has 1 amide bonds. The number of amides is 1. The van der Waals surface area contributed by atoms with Gasteiger partial charge in [0.2, 0.25) is 5.91 Å². The molecule has 0 spiro atoms. The number of β-amino-alcohol motifs (C(OH)–C–C–N with tert-alkyl or cyclic N) is 1. The SMILES string of the molecule is O=C(Cc1ccccc1O)N1CCCC(O)C1. The van der Waals surface area contributed by atoms with Crippen LogP contribution in [0.3, 0.4) is 0 Å². The smallest absolute Gasteiger partial charge is 0.227 e. The van der Waals surface area contributed by atoms with Gasteiger partial charge in [-0.25, -0.2) is 0 Å². The maximum absolute atomic E-state index is 12.0. The van der Waals surface area contributed by atoms with Gasteiger partial charge in [-0.05, 0) is 18.9 Å². The largest absolute Gasteiger partial charge is 0.508 e. The zero-order chi connectivity index (χ0) is 12.3. The molecule has 17 heavy (non-hydrogen) atoms. The zero-order valence-corrected chi connectivity index (χ0v) is 9.67. The van der Waals surface area contributed by atoms with Crippen LogP contribution < -0.4 is 0 Å². The molecule has 1 heterocycles. The summed E-state index contributed by atoms with van der Waals surface area (Å²) in [5, 5.41) is 19.1. The highest BCUT2D eigenvalue weighted by molar-refractivity contribution is 5.79. The molecule has 4 nitrogen and oxygen atoms in total. The molecule has 92 valence electrons. The predicted molar refractivity (Wildman–Crippen MR) is 63.6 cm³/mol. The number of hydrogen-bond acceptors (Lipinski definition) is 3. The number of carbonyl (C=O) groups is 1. The summed E-state index contributed by atoms with van der Waals surface area (Å²) in [5.74, 6) is 0.114. The molecule has 1 aliphatic rings. The van der Waals surface area contributed by atoms with Crippen molar-refractivity contribution >= 4 is 5.91 Å². The van der Waals surface area contributed by atoms with Gasteiger partial charge in [-0.3, -0.25) is 4.79 Å². The van der Waals surface area contributed by atoms with E-state index < -0.39 is 6.10 Å². The topological polar surface area (TPSA) is 60.8 Å². The minimum absolute atomic E-state index is 0.0368. The van der Waals surface area contributed by atoms with Crippen molar-refractivity contribution in [1.29, 1.82) is 0 Å². The fourth-order valence-electron chi connectivity index (χ4n) is 2.12. The highest BCUT2D eigenvalue weighted by atomic mass is 16.3. The van der Waals surface area contributed by atoms with E-state index in [1.807, 2.05) is 0 Å². The van der Waals surface area contributed by atoms with Crippen molar-refractivity contribution in [1.82, 2.24) is 4.90 Å². The van der Waals surface area contributed by atoms with Gasteiger partial charge in [0.15, 0.2) is 0 Å². The third-order valence-electron chi connectivity index (χ3n) is 3.08. The van der Waals surface area contributed by atoms with Crippen LogP contribution in [-0.2, 0) is 11.2 Å². The Morgan fingerprint density at radius 1 is 1.41 bits per heavy atom. The van der Waals surface area contributed by atoms with Gasteiger partial charge in [0.05, 0.1) is 12.5 Å². The number of aliphatic hydroxyl groups excluding tert-OH is 1. The monoisotopic (exact) mass is 235 g/mol. The van der Waals surface area contributed by atoms with Crippen LogP contribution in [0.15, 0.2) is 24.3 Å². The van der Waals surface area contributed by atoms with Gasteiger partial charge in [0, 0.05) is 18.7 Å². The average molecular weight is 235 g/mol. The molecule has 0 aliphatic carbocycles. The van der Waals surface area contributed by atoms with Crippen molar-refractivity contribution in [2.45, 2.75) is 25.4 Å². The lowest BCUT2D eigenvalue weighted by molar-refractivity contribution is -0.133. The molecule has 0 aromatic heterocycles. The summed E-state index contributed by atoms with van der Waals surface area (Å²) < 4.78 is 0. The fourth-order valence-corrected chi connectivity index (χ4v) is 2.12. The second kappa shape index (κ2) is 5.19. The summed E-state index contributed by atoms with van der Waals surface area (Å²) in [6.07, 6.45) is 1.39. The molecule has 4 heteroatoms. The van der Waals surface area contributed by atoms with Crippen molar-refractivity contribution in [2.24, 2.45) is 0 Å². The van der Waals surface area contributed by atoms with E-state index >= 15 is 0 Å². The lowest BCUT2D eigenvalue weighted by Crippen LogP contribution is -2.42. The second-order valence-corrected chi connectivity index (χ2v) is 4.44. The van der Waals surface area contributed by atoms with E-state index in [2.05, 4.69) is 0 Å². The maximum Gasteiger partial charge on any atom is 0.227 e. The van der Waals surface area contributed by atoms with Crippen molar-refractivity contribution < 1.29 is 15.0 Å². The Kier molecular flexibility index (Phi) is 3.64. The van der Waals surface area contributed by atoms with E-state index in [1.165, 1.54) is 0 Å². The minimum Gasteiger partial charge on any atom is -0.508 e. The van der Waals surface area contributed by atoms with Crippen LogP contribution in [-0.4, -0.2) is 40.2 Å². The van der Waals surface area contributed by atoms with Gasteiger partial charge in [0.1, 0.15) is 5.75 Å². The van der Waals surface area contributed by atoms with E-state index in [1.54, 1.807) is 29.2 Å². The molecule has 1 saturated heterocycles. The number of rotatable bonds is 2. The van der Waals surface area contributed by atoms with E-state index in [4.69, 9.17) is 0 Å².